The summed E-state index contributed by atoms with van der Waals surface area (Å²) in [7, 11) is 0. The normalized spacial score (nSPS) is 11.4. The van der Waals surface area contributed by atoms with Crippen LogP contribution in [0.5, 0.6) is 0 Å². The van der Waals surface area contributed by atoms with Crippen LogP contribution in [0.15, 0.2) is 0 Å². The number of amides is 1. The summed E-state index contributed by atoms with van der Waals surface area (Å²) < 4.78 is 0. The van der Waals surface area contributed by atoms with Crippen molar-refractivity contribution in [2.24, 2.45) is 0 Å². The third-order valence-corrected chi connectivity index (χ3v) is 1.91. The first-order valence-electron chi connectivity index (χ1n) is 4.93. The zero-order chi connectivity index (χ0) is 10.3. The fraction of sp³-hybridized carbons (Fsp3) is 0.900. The summed E-state index contributed by atoms with van der Waals surface area (Å²) in [5, 5.41) is 11.5. The predicted octanol–water partition coefficient (Wildman–Crippen LogP) is 1.45. The highest BCUT2D eigenvalue weighted by Gasteiger charge is 2.18. The van der Waals surface area contributed by atoms with Gasteiger partial charge in [0.1, 0.15) is 0 Å². The number of nitrogens with one attached hydrogen (secondary N) is 1. The van der Waals surface area contributed by atoms with Crippen molar-refractivity contribution in [2.45, 2.75) is 52.0 Å². The Hall–Kier alpha value is -0.570. The van der Waals surface area contributed by atoms with Crippen molar-refractivity contribution in [3.63, 3.8) is 0 Å². The number of aliphatic hydroxyl groups excluding tert-OH is 1. The second-order valence-corrected chi connectivity index (χ2v) is 4.01. The average Bonchev–Trinajstić information content (AvgIpc) is 1.99. The van der Waals surface area contributed by atoms with E-state index in [1.165, 1.54) is 0 Å². The topological polar surface area (TPSA) is 49.3 Å². The molecule has 0 radical (unpaired) electrons. The van der Waals surface area contributed by atoms with Crippen molar-refractivity contribution >= 4 is 5.91 Å². The third-order valence-electron chi connectivity index (χ3n) is 1.91. The lowest BCUT2D eigenvalue weighted by Crippen LogP contribution is -2.43. The van der Waals surface area contributed by atoms with E-state index in [-0.39, 0.29) is 18.1 Å². The summed E-state index contributed by atoms with van der Waals surface area (Å²) in [6.45, 7) is 6.23. The maximum Gasteiger partial charge on any atom is 0.220 e. The summed E-state index contributed by atoms with van der Waals surface area (Å²) in [6, 6.07) is 0. The van der Waals surface area contributed by atoms with Gasteiger partial charge in [-0.1, -0.05) is 13.3 Å². The van der Waals surface area contributed by atoms with E-state index < -0.39 is 0 Å². The van der Waals surface area contributed by atoms with Gasteiger partial charge in [0.05, 0.1) is 0 Å². The van der Waals surface area contributed by atoms with E-state index in [1.54, 1.807) is 0 Å². The van der Waals surface area contributed by atoms with Crippen LogP contribution in [0.4, 0.5) is 0 Å². The molecule has 0 aromatic rings. The lowest BCUT2D eigenvalue weighted by Gasteiger charge is -2.25. The molecule has 0 aliphatic rings. The van der Waals surface area contributed by atoms with E-state index in [4.69, 9.17) is 5.11 Å². The lowest BCUT2D eigenvalue weighted by molar-refractivity contribution is -0.123. The first-order chi connectivity index (χ1) is 6.02. The van der Waals surface area contributed by atoms with Gasteiger partial charge in [0.25, 0.3) is 0 Å². The van der Waals surface area contributed by atoms with Crippen LogP contribution in [0.3, 0.4) is 0 Å². The van der Waals surface area contributed by atoms with Crippen LogP contribution in [0.2, 0.25) is 0 Å². The van der Waals surface area contributed by atoms with Crippen LogP contribution in [0.25, 0.3) is 0 Å². The summed E-state index contributed by atoms with van der Waals surface area (Å²) in [6.07, 6.45) is 3.02. The first-order valence-corrected chi connectivity index (χ1v) is 4.93. The van der Waals surface area contributed by atoms with Gasteiger partial charge in [-0.3, -0.25) is 4.79 Å². The molecule has 0 atom stereocenters. The van der Waals surface area contributed by atoms with Crippen molar-refractivity contribution in [1.29, 1.82) is 0 Å². The van der Waals surface area contributed by atoms with Crippen LogP contribution in [-0.2, 0) is 4.79 Å². The van der Waals surface area contributed by atoms with Gasteiger partial charge in [-0.05, 0) is 26.7 Å². The van der Waals surface area contributed by atoms with E-state index in [2.05, 4.69) is 12.2 Å². The number of carbonyl (C=O) groups is 1. The maximum atomic E-state index is 11.3. The van der Waals surface area contributed by atoms with Crippen molar-refractivity contribution in [2.75, 3.05) is 6.61 Å². The van der Waals surface area contributed by atoms with E-state index in [9.17, 15) is 4.79 Å². The standard InChI is InChI=1S/C10H21NO2/c1-4-7-10(2,3)11-9(13)6-5-8-12/h12H,4-8H2,1-3H3,(H,11,13). The van der Waals surface area contributed by atoms with Crippen molar-refractivity contribution in [3.05, 3.63) is 0 Å². The molecule has 0 fully saturated rings. The molecule has 0 bridgehead atoms. The van der Waals surface area contributed by atoms with Crippen LogP contribution in [0.1, 0.15) is 46.5 Å². The largest absolute Gasteiger partial charge is 0.396 e. The summed E-state index contributed by atoms with van der Waals surface area (Å²) >= 11 is 0. The third kappa shape index (κ3) is 6.58. The molecule has 1 amide bonds. The average molecular weight is 187 g/mol. The highest BCUT2D eigenvalue weighted by molar-refractivity contribution is 5.76. The molecule has 0 aromatic carbocycles. The van der Waals surface area contributed by atoms with Crippen LogP contribution < -0.4 is 5.32 Å². The Kier molecular flexibility index (Phi) is 5.71. The van der Waals surface area contributed by atoms with Gasteiger partial charge in [0.15, 0.2) is 0 Å². The minimum Gasteiger partial charge on any atom is -0.396 e. The van der Waals surface area contributed by atoms with Crippen molar-refractivity contribution in [3.8, 4) is 0 Å². The Bertz CT molecular complexity index is 155. The number of rotatable bonds is 6. The molecule has 13 heavy (non-hydrogen) atoms. The van der Waals surface area contributed by atoms with Crippen LogP contribution in [0, 0.1) is 0 Å². The first kappa shape index (κ1) is 12.4. The van der Waals surface area contributed by atoms with Gasteiger partial charge in [-0.25, -0.2) is 0 Å². The Morgan fingerprint density at radius 1 is 1.46 bits per heavy atom. The fourth-order valence-electron chi connectivity index (χ4n) is 1.37. The predicted molar refractivity (Wildman–Crippen MR) is 53.4 cm³/mol. The molecular formula is C10H21NO2. The fourth-order valence-corrected chi connectivity index (χ4v) is 1.37. The minimum absolute atomic E-state index is 0.0347. The molecule has 0 aliphatic carbocycles. The smallest absolute Gasteiger partial charge is 0.220 e. The number of hydrogen-bond donors (Lipinski definition) is 2. The molecular weight excluding hydrogens is 166 g/mol. The zero-order valence-corrected chi connectivity index (χ0v) is 8.89. The van der Waals surface area contributed by atoms with E-state index >= 15 is 0 Å². The second kappa shape index (κ2) is 5.97. The molecule has 0 spiro atoms. The lowest BCUT2D eigenvalue weighted by atomic mass is 9.99. The van der Waals surface area contributed by atoms with Crippen molar-refractivity contribution in [1.82, 2.24) is 5.32 Å². The molecule has 78 valence electrons. The van der Waals surface area contributed by atoms with Gasteiger partial charge in [0, 0.05) is 18.6 Å². The van der Waals surface area contributed by atoms with Gasteiger partial charge in [-0.2, -0.15) is 0 Å². The number of carbonyl (C=O) groups excluding carboxylic acids is 1. The van der Waals surface area contributed by atoms with Gasteiger partial charge < -0.3 is 10.4 Å². The Balaban J connectivity index is 3.75. The monoisotopic (exact) mass is 187 g/mol. The molecule has 0 saturated heterocycles. The Morgan fingerprint density at radius 3 is 2.54 bits per heavy atom. The quantitative estimate of drug-likeness (QED) is 0.661. The molecule has 3 heteroatoms. The molecule has 0 aromatic heterocycles. The summed E-state index contributed by atoms with van der Waals surface area (Å²) in [4.78, 5) is 11.3. The highest BCUT2D eigenvalue weighted by atomic mass is 16.3. The van der Waals surface area contributed by atoms with Gasteiger partial charge in [-0.15, -0.1) is 0 Å². The van der Waals surface area contributed by atoms with Crippen LogP contribution >= 0.6 is 0 Å². The molecule has 2 N–H and O–H groups in total. The number of aliphatic hydroxyl groups is 1. The molecule has 0 saturated carbocycles. The minimum atomic E-state index is -0.110. The highest BCUT2D eigenvalue weighted by Crippen LogP contribution is 2.10. The van der Waals surface area contributed by atoms with Gasteiger partial charge in [0.2, 0.25) is 5.91 Å². The van der Waals surface area contributed by atoms with Crippen LogP contribution in [-0.4, -0.2) is 23.2 Å². The Labute approximate surface area is 80.5 Å². The van der Waals surface area contributed by atoms with E-state index in [1.807, 2.05) is 13.8 Å². The Morgan fingerprint density at radius 2 is 2.08 bits per heavy atom. The molecule has 0 rings (SSSR count). The number of hydrogen-bond acceptors (Lipinski definition) is 2. The summed E-state index contributed by atoms with van der Waals surface area (Å²) in [5.74, 6) is 0.0347. The van der Waals surface area contributed by atoms with E-state index in [0.717, 1.165) is 12.8 Å². The molecule has 0 aliphatic heterocycles. The molecule has 0 heterocycles. The van der Waals surface area contributed by atoms with E-state index in [0.29, 0.717) is 12.8 Å². The maximum absolute atomic E-state index is 11.3. The molecule has 0 unspecified atom stereocenters. The SMILES string of the molecule is CCCC(C)(C)NC(=O)CCCO. The second-order valence-electron chi connectivity index (χ2n) is 4.01. The summed E-state index contributed by atoms with van der Waals surface area (Å²) in [5.41, 5.74) is -0.110. The van der Waals surface area contributed by atoms with Gasteiger partial charge >= 0.3 is 0 Å². The zero-order valence-electron chi connectivity index (χ0n) is 8.89. The molecule has 3 nitrogen and oxygen atoms in total. The van der Waals surface area contributed by atoms with Crippen molar-refractivity contribution < 1.29 is 9.90 Å².